The minimum atomic E-state index is -0.973. The van der Waals surface area contributed by atoms with Crippen molar-refractivity contribution >= 4 is 12.2 Å². The molecule has 88 valence electrons. The molecule has 0 spiro atoms. The number of nitrogens with zero attached hydrogens (tertiary/aromatic N) is 2. The Morgan fingerprint density at radius 2 is 1.33 bits per heavy atom. The van der Waals surface area contributed by atoms with Crippen LogP contribution < -0.4 is 5.32 Å². The first kappa shape index (κ1) is 13.5. The number of carbonyl (C=O) groups is 2. The van der Waals surface area contributed by atoms with Crippen molar-refractivity contribution in [1.82, 2.24) is 15.1 Å². The van der Waals surface area contributed by atoms with Crippen LogP contribution in [0.1, 0.15) is 0 Å². The standard InChI is InChI=1S/C8H17N3O4/c1-10(7(12)13)5-3-9-4-6-11(2)8(14)15/h9H,3-6H2,1-2H3,(H,12,13)(H,14,15). The maximum absolute atomic E-state index is 10.4. The van der Waals surface area contributed by atoms with E-state index in [9.17, 15) is 9.59 Å². The van der Waals surface area contributed by atoms with E-state index < -0.39 is 12.2 Å². The lowest BCUT2D eigenvalue weighted by molar-refractivity contribution is 0.154. The Hall–Kier alpha value is -1.50. The molecular formula is C8H17N3O4. The van der Waals surface area contributed by atoms with Crippen molar-refractivity contribution in [1.29, 1.82) is 0 Å². The zero-order valence-corrected chi connectivity index (χ0v) is 8.93. The number of hydrogen-bond acceptors (Lipinski definition) is 3. The highest BCUT2D eigenvalue weighted by Crippen LogP contribution is 1.82. The van der Waals surface area contributed by atoms with E-state index in [1.54, 1.807) is 0 Å². The van der Waals surface area contributed by atoms with E-state index >= 15 is 0 Å². The Bertz CT molecular complexity index is 200. The minimum Gasteiger partial charge on any atom is -0.465 e. The molecule has 0 radical (unpaired) electrons. The van der Waals surface area contributed by atoms with Crippen LogP contribution >= 0.6 is 0 Å². The van der Waals surface area contributed by atoms with Gasteiger partial charge in [-0.15, -0.1) is 0 Å². The van der Waals surface area contributed by atoms with E-state index in [1.807, 2.05) is 0 Å². The summed E-state index contributed by atoms with van der Waals surface area (Å²) in [7, 11) is 2.96. The SMILES string of the molecule is CN(CCNCCN(C)C(=O)O)C(=O)O. The summed E-state index contributed by atoms with van der Waals surface area (Å²) in [4.78, 5) is 23.1. The van der Waals surface area contributed by atoms with Crippen LogP contribution in [0.2, 0.25) is 0 Å². The summed E-state index contributed by atoms with van der Waals surface area (Å²) >= 11 is 0. The zero-order valence-electron chi connectivity index (χ0n) is 8.93. The quantitative estimate of drug-likeness (QED) is 0.538. The number of amides is 2. The van der Waals surface area contributed by atoms with E-state index in [0.29, 0.717) is 26.2 Å². The molecule has 7 heteroatoms. The highest BCUT2D eigenvalue weighted by molar-refractivity contribution is 5.64. The largest absolute Gasteiger partial charge is 0.465 e. The third-order valence-corrected chi connectivity index (χ3v) is 1.90. The van der Waals surface area contributed by atoms with Crippen molar-refractivity contribution in [3.05, 3.63) is 0 Å². The topological polar surface area (TPSA) is 93.1 Å². The molecular weight excluding hydrogens is 202 g/mol. The van der Waals surface area contributed by atoms with E-state index in [4.69, 9.17) is 10.2 Å². The van der Waals surface area contributed by atoms with Crippen molar-refractivity contribution in [3.8, 4) is 0 Å². The maximum Gasteiger partial charge on any atom is 0.407 e. The molecule has 0 atom stereocenters. The summed E-state index contributed by atoms with van der Waals surface area (Å²) in [5, 5.41) is 20.0. The molecule has 0 rings (SSSR count). The Balaban J connectivity index is 3.40. The zero-order chi connectivity index (χ0) is 11.8. The van der Waals surface area contributed by atoms with Crippen LogP contribution in [0, 0.1) is 0 Å². The van der Waals surface area contributed by atoms with Gasteiger partial charge in [-0.3, -0.25) is 0 Å². The number of carboxylic acid groups (broad SMARTS) is 2. The Morgan fingerprint density at radius 3 is 1.60 bits per heavy atom. The molecule has 0 aromatic rings. The smallest absolute Gasteiger partial charge is 0.407 e. The summed E-state index contributed by atoms with van der Waals surface area (Å²) in [5.41, 5.74) is 0. The van der Waals surface area contributed by atoms with Gasteiger partial charge in [0.25, 0.3) is 0 Å². The Morgan fingerprint density at radius 1 is 1.00 bits per heavy atom. The van der Waals surface area contributed by atoms with Crippen molar-refractivity contribution in [2.75, 3.05) is 40.3 Å². The molecule has 0 aliphatic heterocycles. The summed E-state index contributed by atoms with van der Waals surface area (Å²) in [5.74, 6) is 0. The molecule has 15 heavy (non-hydrogen) atoms. The molecule has 0 unspecified atom stereocenters. The number of rotatable bonds is 6. The summed E-state index contributed by atoms with van der Waals surface area (Å²) in [6, 6.07) is 0. The van der Waals surface area contributed by atoms with Crippen molar-refractivity contribution in [2.24, 2.45) is 0 Å². The number of nitrogens with one attached hydrogen (secondary N) is 1. The van der Waals surface area contributed by atoms with Gasteiger partial charge in [-0.25, -0.2) is 9.59 Å². The molecule has 7 nitrogen and oxygen atoms in total. The molecule has 0 bridgehead atoms. The molecule has 0 aromatic heterocycles. The van der Waals surface area contributed by atoms with Crippen LogP contribution in [0.4, 0.5) is 9.59 Å². The van der Waals surface area contributed by atoms with Crippen LogP contribution in [0.25, 0.3) is 0 Å². The second-order valence-corrected chi connectivity index (χ2v) is 3.16. The Labute approximate surface area is 88.3 Å². The first-order valence-corrected chi connectivity index (χ1v) is 4.54. The molecule has 0 fully saturated rings. The van der Waals surface area contributed by atoms with Gasteiger partial charge < -0.3 is 25.3 Å². The average Bonchev–Trinajstić information content (AvgIpc) is 2.16. The second kappa shape index (κ2) is 6.88. The van der Waals surface area contributed by atoms with Crippen LogP contribution in [-0.2, 0) is 0 Å². The van der Waals surface area contributed by atoms with Crippen molar-refractivity contribution < 1.29 is 19.8 Å². The van der Waals surface area contributed by atoms with Gasteiger partial charge >= 0.3 is 12.2 Å². The molecule has 0 heterocycles. The third kappa shape index (κ3) is 6.55. The molecule has 0 saturated carbocycles. The van der Waals surface area contributed by atoms with Gasteiger partial charge in [0.05, 0.1) is 0 Å². The predicted molar refractivity (Wildman–Crippen MR) is 54.2 cm³/mol. The van der Waals surface area contributed by atoms with Gasteiger partial charge in [0.1, 0.15) is 0 Å². The summed E-state index contributed by atoms with van der Waals surface area (Å²) in [6.45, 7) is 1.78. The third-order valence-electron chi connectivity index (χ3n) is 1.90. The van der Waals surface area contributed by atoms with Crippen molar-refractivity contribution in [3.63, 3.8) is 0 Å². The lowest BCUT2D eigenvalue weighted by Gasteiger charge is -2.15. The van der Waals surface area contributed by atoms with E-state index in [0.717, 1.165) is 9.80 Å². The lowest BCUT2D eigenvalue weighted by atomic mass is 10.5. The van der Waals surface area contributed by atoms with Crippen LogP contribution in [0.15, 0.2) is 0 Å². The minimum absolute atomic E-state index is 0.381. The fourth-order valence-corrected chi connectivity index (χ4v) is 0.810. The lowest BCUT2D eigenvalue weighted by Crippen LogP contribution is -2.37. The van der Waals surface area contributed by atoms with E-state index in [2.05, 4.69) is 5.32 Å². The summed E-state index contributed by atoms with van der Waals surface area (Å²) in [6.07, 6.45) is -1.95. The fraction of sp³-hybridized carbons (Fsp3) is 0.750. The first-order valence-electron chi connectivity index (χ1n) is 4.54. The van der Waals surface area contributed by atoms with Gasteiger partial charge in [0, 0.05) is 40.3 Å². The second-order valence-electron chi connectivity index (χ2n) is 3.16. The normalized spacial score (nSPS) is 9.73. The maximum atomic E-state index is 10.4. The molecule has 0 saturated heterocycles. The molecule has 0 aliphatic carbocycles. The molecule has 3 N–H and O–H groups in total. The predicted octanol–water partition coefficient (Wildman–Crippen LogP) is -0.204. The van der Waals surface area contributed by atoms with Gasteiger partial charge in [-0.2, -0.15) is 0 Å². The molecule has 0 aromatic carbocycles. The van der Waals surface area contributed by atoms with Gasteiger partial charge in [0.15, 0.2) is 0 Å². The molecule has 0 aliphatic rings. The molecule has 2 amide bonds. The highest BCUT2D eigenvalue weighted by Gasteiger charge is 2.05. The van der Waals surface area contributed by atoms with Gasteiger partial charge in [-0.1, -0.05) is 0 Å². The first-order chi connectivity index (χ1) is 6.95. The van der Waals surface area contributed by atoms with E-state index in [-0.39, 0.29) is 0 Å². The number of likely N-dealkylation sites (N-methyl/N-ethyl adjacent to an activating group) is 2. The van der Waals surface area contributed by atoms with Crippen LogP contribution in [0.3, 0.4) is 0 Å². The Kier molecular flexibility index (Phi) is 6.19. The van der Waals surface area contributed by atoms with Crippen LogP contribution in [0.5, 0.6) is 0 Å². The van der Waals surface area contributed by atoms with E-state index in [1.165, 1.54) is 14.1 Å². The fourth-order valence-electron chi connectivity index (χ4n) is 0.810. The average molecular weight is 219 g/mol. The van der Waals surface area contributed by atoms with Gasteiger partial charge in [-0.05, 0) is 0 Å². The van der Waals surface area contributed by atoms with Gasteiger partial charge in [0.2, 0.25) is 0 Å². The number of hydrogen-bond donors (Lipinski definition) is 3. The van der Waals surface area contributed by atoms with Crippen molar-refractivity contribution in [2.45, 2.75) is 0 Å². The highest BCUT2D eigenvalue weighted by atomic mass is 16.4. The summed E-state index contributed by atoms with van der Waals surface area (Å²) < 4.78 is 0. The van der Waals surface area contributed by atoms with Crippen LogP contribution in [-0.4, -0.2) is 72.5 Å². The monoisotopic (exact) mass is 219 g/mol.